The zero-order valence-corrected chi connectivity index (χ0v) is 14.0. The van der Waals surface area contributed by atoms with E-state index in [1.54, 1.807) is 41.8 Å². The van der Waals surface area contributed by atoms with Gasteiger partial charge >= 0.3 is 6.18 Å². The van der Waals surface area contributed by atoms with E-state index in [2.05, 4.69) is 15.3 Å². The van der Waals surface area contributed by atoms with Crippen molar-refractivity contribution >= 4 is 23.0 Å². The molecule has 3 rings (SSSR count). The van der Waals surface area contributed by atoms with Gasteiger partial charge in [-0.05, 0) is 48.7 Å². The predicted molar refractivity (Wildman–Crippen MR) is 91.2 cm³/mol. The summed E-state index contributed by atoms with van der Waals surface area (Å²) in [5, 5.41) is 4.60. The Kier molecular flexibility index (Phi) is 4.89. The quantitative estimate of drug-likeness (QED) is 0.661. The van der Waals surface area contributed by atoms with Crippen LogP contribution in [-0.2, 0) is 6.18 Å². The van der Waals surface area contributed by atoms with Gasteiger partial charge in [0.1, 0.15) is 5.75 Å². The molecule has 25 heavy (non-hydrogen) atoms. The third-order valence-electron chi connectivity index (χ3n) is 3.21. The van der Waals surface area contributed by atoms with E-state index < -0.39 is 11.9 Å². The lowest BCUT2D eigenvalue weighted by Crippen LogP contribution is -2.11. The average molecular weight is 365 g/mol. The molecule has 0 fully saturated rings. The fourth-order valence-electron chi connectivity index (χ4n) is 2.13. The summed E-state index contributed by atoms with van der Waals surface area (Å²) in [6.45, 7) is 2.41. The normalized spacial score (nSPS) is 11.4. The Morgan fingerprint density at radius 3 is 2.48 bits per heavy atom. The highest BCUT2D eigenvalue weighted by Crippen LogP contribution is 2.33. The summed E-state index contributed by atoms with van der Waals surface area (Å²) in [6.07, 6.45) is -4.55. The van der Waals surface area contributed by atoms with Gasteiger partial charge in [0, 0.05) is 5.69 Å². The summed E-state index contributed by atoms with van der Waals surface area (Å²) in [6, 6.07) is 11.3. The molecule has 4 nitrogen and oxygen atoms in total. The van der Waals surface area contributed by atoms with E-state index in [0.717, 1.165) is 6.07 Å². The molecular formula is C17H14F3N3OS. The second-order valence-electron chi connectivity index (χ2n) is 5.02. The summed E-state index contributed by atoms with van der Waals surface area (Å²) in [4.78, 5) is 8.44. The number of nitrogens with zero attached hydrogens (tertiary/aromatic N) is 2. The Morgan fingerprint density at radius 1 is 1.12 bits per heavy atom. The van der Waals surface area contributed by atoms with Gasteiger partial charge in [0.25, 0.3) is 0 Å². The second-order valence-corrected chi connectivity index (χ2v) is 5.97. The molecule has 0 aliphatic carbocycles. The minimum absolute atomic E-state index is 0.109. The largest absolute Gasteiger partial charge is 0.494 e. The molecular weight excluding hydrogens is 351 g/mol. The van der Waals surface area contributed by atoms with Crippen LogP contribution in [0.4, 0.5) is 24.8 Å². The first kappa shape index (κ1) is 17.2. The van der Waals surface area contributed by atoms with Crippen LogP contribution in [0.25, 0.3) is 10.6 Å². The number of halogens is 3. The van der Waals surface area contributed by atoms with Crippen molar-refractivity contribution in [1.29, 1.82) is 0 Å². The third-order valence-corrected chi connectivity index (χ3v) is 4.10. The highest BCUT2D eigenvalue weighted by molar-refractivity contribution is 7.13. The van der Waals surface area contributed by atoms with Gasteiger partial charge in [0.2, 0.25) is 5.95 Å². The van der Waals surface area contributed by atoms with Gasteiger partial charge in [0.15, 0.2) is 5.69 Å². The molecule has 2 aromatic heterocycles. The van der Waals surface area contributed by atoms with Crippen molar-refractivity contribution in [2.75, 3.05) is 11.9 Å². The van der Waals surface area contributed by atoms with Gasteiger partial charge in [-0.25, -0.2) is 9.97 Å². The average Bonchev–Trinajstić information content (AvgIpc) is 3.10. The van der Waals surface area contributed by atoms with E-state index in [9.17, 15) is 13.2 Å². The number of anilines is 2. The monoisotopic (exact) mass is 365 g/mol. The number of hydrogen-bond acceptors (Lipinski definition) is 5. The number of ether oxygens (including phenoxy) is 1. The first-order chi connectivity index (χ1) is 12.0. The molecule has 2 heterocycles. The number of benzene rings is 1. The summed E-state index contributed by atoms with van der Waals surface area (Å²) < 4.78 is 44.7. The van der Waals surface area contributed by atoms with Gasteiger partial charge in [-0.2, -0.15) is 13.2 Å². The fourth-order valence-corrected chi connectivity index (χ4v) is 2.82. The lowest BCUT2D eigenvalue weighted by atomic mass is 10.2. The summed E-state index contributed by atoms with van der Waals surface area (Å²) in [5.41, 5.74) is -0.190. The van der Waals surface area contributed by atoms with Crippen molar-refractivity contribution in [2.45, 2.75) is 13.1 Å². The summed E-state index contributed by atoms with van der Waals surface area (Å²) >= 11 is 1.32. The minimum atomic E-state index is -4.55. The molecule has 0 radical (unpaired) electrons. The molecule has 0 unspecified atom stereocenters. The summed E-state index contributed by atoms with van der Waals surface area (Å²) in [5.74, 6) is 0.569. The zero-order chi connectivity index (χ0) is 17.9. The van der Waals surface area contributed by atoms with Gasteiger partial charge < -0.3 is 10.1 Å². The Bertz CT molecular complexity index is 833. The van der Waals surface area contributed by atoms with Gasteiger partial charge in [0.05, 0.1) is 17.2 Å². The van der Waals surface area contributed by atoms with Gasteiger partial charge in [-0.3, -0.25) is 0 Å². The molecule has 3 aromatic rings. The lowest BCUT2D eigenvalue weighted by molar-refractivity contribution is -0.141. The van der Waals surface area contributed by atoms with E-state index in [1.807, 2.05) is 6.92 Å². The van der Waals surface area contributed by atoms with Crippen molar-refractivity contribution < 1.29 is 17.9 Å². The van der Waals surface area contributed by atoms with Crippen LogP contribution in [0.2, 0.25) is 0 Å². The number of nitrogens with one attached hydrogen (secondary N) is 1. The fraction of sp³-hybridized carbons (Fsp3) is 0.176. The SMILES string of the molecule is CCOc1ccc(Nc2nc(-c3cccs3)cc(C(F)(F)F)n2)cc1. The van der Waals surface area contributed by atoms with Crippen LogP contribution in [0.1, 0.15) is 12.6 Å². The molecule has 130 valence electrons. The molecule has 0 amide bonds. The number of thiophene rings is 1. The molecule has 0 bridgehead atoms. The van der Waals surface area contributed by atoms with E-state index in [0.29, 0.717) is 22.9 Å². The van der Waals surface area contributed by atoms with Crippen molar-refractivity contribution in [3.8, 4) is 16.3 Å². The molecule has 0 aliphatic rings. The van der Waals surface area contributed by atoms with Crippen LogP contribution < -0.4 is 10.1 Å². The van der Waals surface area contributed by atoms with E-state index in [4.69, 9.17) is 4.74 Å². The Balaban J connectivity index is 1.93. The van der Waals surface area contributed by atoms with Gasteiger partial charge in [-0.15, -0.1) is 11.3 Å². The molecule has 0 spiro atoms. The Labute approximate surface area is 146 Å². The van der Waals surface area contributed by atoms with Gasteiger partial charge in [-0.1, -0.05) is 6.07 Å². The predicted octanol–water partition coefficient (Wildman–Crippen LogP) is 5.37. The lowest BCUT2D eigenvalue weighted by Gasteiger charge is -2.11. The topological polar surface area (TPSA) is 47.0 Å². The van der Waals surface area contributed by atoms with E-state index >= 15 is 0 Å². The van der Waals surface area contributed by atoms with Crippen LogP contribution in [0, 0.1) is 0 Å². The standard InChI is InChI=1S/C17H14F3N3OS/c1-2-24-12-7-5-11(6-8-12)21-16-22-13(14-4-3-9-25-14)10-15(23-16)17(18,19)20/h3-10H,2H2,1H3,(H,21,22,23). The number of alkyl halides is 3. The first-order valence-corrected chi connectivity index (χ1v) is 8.33. The molecule has 1 N–H and O–H groups in total. The van der Waals surface area contributed by atoms with Crippen LogP contribution in [0.15, 0.2) is 47.8 Å². The van der Waals surface area contributed by atoms with Crippen LogP contribution >= 0.6 is 11.3 Å². The number of aromatic nitrogens is 2. The minimum Gasteiger partial charge on any atom is -0.494 e. The maximum Gasteiger partial charge on any atom is 0.433 e. The van der Waals surface area contributed by atoms with Crippen LogP contribution in [-0.4, -0.2) is 16.6 Å². The van der Waals surface area contributed by atoms with Crippen LogP contribution in [0.5, 0.6) is 5.75 Å². The summed E-state index contributed by atoms with van der Waals surface area (Å²) in [7, 11) is 0. The first-order valence-electron chi connectivity index (χ1n) is 7.46. The van der Waals surface area contributed by atoms with Crippen molar-refractivity contribution in [3.05, 3.63) is 53.5 Å². The maximum atomic E-state index is 13.1. The van der Waals surface area contributed by atoms with E-state index in [-0.39, 0.29) is 11.6 Å². The third kappa shape index (κ3) is 4.27. The highest BCUT2D eigenvalue weighted by Gasteiger charge is 2.34. The molecule has 0 saturated carbocycles. The highest BCUT2D eigenvalue weighted by atomic mass is 32.1. The van der Waals surface area contributed by atoms with Crippen molar-refractivity contribution in [1.82, 2.24) is 9.97 Å². The second kappa shape index (κ2) is 7.10. The van der Waals surface area contributed by atoms with E-state index in [1.165, 1.54) is 11.3 Å². The molecule has 0 atom stereocenters. The smallest absolute Gasteiger partial charge is 0.433 e. The Morgan fingerprint density at radius 2 is 1.88 bits per heavy atom. The van der Waals surface area contributed by atoms with Crippen molar-refractivity contribution in [2.24, 2.45) is 0 Å². The molecule has 0 saturated heterocycles. The van der Waals surface area contributed by atoms with Crippen molar-refractivity contribution in [3.63, 3.8) is 0 Å². The zero-order valence-electron chi connectivity index (χ0n) is 13.2. The molecule has 1 aromatic carbocycles. The Hall–Kier alpha value is -2.61. The number of hydrogen-bond donors (Lipinski definition) is 1. The molecule has 0 aliphatic heterocycles. The maximum absolute atomic E-state index is 13.1. The van der Waals surface area contributed by atoms with Crippen LogP contribution in [0.3, 0.4) is 0 Å². The molecule has 8 heteroatoms. The number of rotatable bonds is 5.